The van der Waals surface area contributed by atoms with Gasteiger partial charge >= 0.3 is 5.97 Å². The van der Waals surface area contributed by atoms with Crippen LogP contribution in [0.2, 0.25) is 0 Å². The fraction of sp³-hybridized carbons (Fsp3) is 0.143. The van der Waals surface area contributed by atoms with Gasteiger partial charge in [-0.3, -0.25) is 4.79 Å². The van der Waals surface area contributed by atoms with E-state index < -0.39 is 5.97 Å². The van der Waals surface area contributed by atoms with Crippen molar-refractivity contribution in [2.24, 2.45) is 0 Å². The molecule has 0 bridgehead atoms. The number of benzene rings is 1. The van der Waals surface area contributed by atoms with E-state index in [2.05, 4.69) is 21.6 Å². The summed E-state index contributed by atoms with van der Waals surface area (Å²) < 4.78 is 0. The first kappa shape index (κ1) is 14.8. The Morgan fingerprint density at radius 2 is 2.10 bits per heavy atom. The highest BCUT2D eigenvalue weighted by Crippen LogP contribution is 2.13. The molecule has 2 radical (unpaired) electrons. The predicted molar refractivity (Wildman–Crippen MR) is 78.1 cm³/mol. The van der Waals surface area contributed by atoms with Gasteiger partial charge < -0.3 is 10.4 Å². The van der Waals surface area contributed by atoms with Gasteiger partial charge in [-0.15, -0.1) is 11.3 Å². The van der Waals surface area contributed by atoms with Crippen molar-refractivity contribution in [3.8, 4) is 0 Å². The van der Waals surface area contributed by atoms with Gasteiger partial charge in [0, 0.05) is 4.88 Å². The van der Waals surface area contributed by atoms with Crippen molar-refractivity contribution in [2.45, 2.75) is 11.3 Å². The van der Waals surface area contributed by atoms with E-state index in [9.17, 15) is 9.59 Å². The average molecular weight is 301 g/mol. The van der Waals surface area contributed by atoms with E-state index in [0.29, 0.717) is 6.42 Å². The maximum atomic E-state index is 11.9. The highest BCUT2D eigenvalue weighted by Gasteiger charge is 2.11. The lowest BCUT2D eigenvalue weighted by Crippen LogP contribution is -2.29. The highest BCUT2D eigenvalue weighted by molar-refractivity contribution is 7.10. The molecular weight excluding hydrogens is 289 g/mol. The lowest BCUT2D eigenvalue weighted by atomic mass is 10.1. The number of carbonyl (C=O) groups is 2. The number of nitrogens with one attached hydrogen (secondary N) is 1. The first-order valence-electron chi connectivity index (χ1n) is 5.97. The second kappa shape index (κ2) is 6.71. The normalized spacial score (nSPS) is 11.8. The van der Waals surface area contributed by atoms with Gasteiger partial charge in [-0.2, -0.15) is 0 Å². The van der Waals surface area contributed by atoms with E-state index in [1.807, 2.05) is 17.5 Å². The van der Waals surface area contributed by atoms with E-state index in [-0.39, 0.29) is 16.4 Å². The number of amides is 1. The van der Waals surface area contributed by atoms with Crippen molar-refractivity contribution in [1.29, 1.82) is 0 Å². The van der Waals surface area contributed by atoms with Crippen LogP contribution in [-0.4, -0.2) is 33.3 Å². The SMILES string of the molecule is O=C(Cc1cccs1)N[C@H]([Al])c1cccc(C(=O)O)c1. The van der Waals surface area contributed by atoms with Crippen molar-refractivity contribution in [1.82, 2.24) is 5.32 Å². The Balaban J connectivity index is 2.00. The number of carboxylic acids is 1. The molecule has 0 fully saturated rings. The van der Waals surface area contributed by atoms with Gasteiger partial charge in [0.15, 0.2) is 16.3 Å². The third-order valence-corrected chi connectivity index (χ3v) is 4.15. The van der Waals surface area contributed by atoms with Crippen molar-refractivity contribution in [3.05, 3.63) is 57.8 Å². The molecule has 0 aliphatic carbocycles. The van der Waals surface area contributed by atoms with E-state index in [0.717, 1.165) is 10.4 Å². The molecule has 0 aliphatic heterocycles. The molecule has 1 amide bonds. The summed E-state index contributed by atoms with van der Waals surface area (Å²) in [4.78, 5) is 23.5. The molecule has 1 heterocycles. The predicted octanol–water partition coefficient (Wildman–Crippen LogP) is 1.97. The molecule has 6 heteroatoms. The summed E-state index contributed by atoms with van der Waals surface area (Å²) in [6.45, 7) is 0. The number of carbonyl (C=O) groups excluding carboxylic acids is 1. The Kier molecular flexibility index (Phi) is 4.96. The lowest BCUT2D eigenvalue weighted by molar-refractivity contribution is -0.120. The van der Waals surface area contributed by atoms with Crippen LogP contribution in [0, 0.1) is 0 Å². The minimum atomic E-state index is -0.978. The summed E-state index contributed by atoms with van der Waals surface area (Å²) in [7, 11) is 0. The first-order valence-corrected chi connectivity index (χ1v) is 7.51. The van der Waals surface area contributed by atoms with Gasteiger partial charge in [0.25, 0.3) is 0 Å². The average Bonchev–Trinajstić information content (AvgIpc) is 2.91. The Hall–Kier alpha value is -1.61. The number of hydrogen-bond acceptors (Lipinski definition) is 3. The van der Waals surface area contributed by atoms with Crippen molar-refractivity contribution < 1.29 is 14.7 Å². The minimum absolute atomic E-state index is 0.0896. The number of thiophene rings is 1. The standard InChI is InChI=1S/C14H12NO3S.Al/c16-13(8-12-5-2-6-19-12)15-9-10-3-1-4-11(7-10)14(17)18;/h1-7,9H,8H2,(H,15,16)(H,17,18);. The highest BCUT2D eigenvalue weighted by atomic mass is 32.1. The van der Waals surface area contributed by atoms with E-state index >= 15 is 0 Å². The third kappa shape index (κ3) is 3.94. The molecule has 0 aliphatic rings. The quantitative estimate of drug-likeness (QED) is 0.830. The Labute approximate surface area is 128 Å². The Morgan fingerprint density at radius 3 is 2.75 bits per heavy atom. The number of hydrogen-bond donors (Lipinski definition) is 2. The zero-order valence-corrected chi connectivity index (χ0v) is 12.5. The number of carboxylic acid groups (broad SMARTS) is 1. The molecule has 2 aromatic rings. The monoisotopic (exact) mass is 301 g/mol. The maximum Gasteiger partial charge on any atom is 0.335 e. The van der Waals surface area contributed by atoms with Gasteiger partial charge in [-0.25, -0.2) is 4.79 Å². The Bertz CT molecular complexity index is 613. The molecule has 1 aromatic carbocycles. The topological polar surface area (TPSA) is 66.4 Å². The van der Waals surface area contributed by atoms with Crippen molar-refractivity contribution in [2.75, 3.05) is 0 Å². The molecule has 0 unspecified atom stereocenters. The van der Waals surface area contributed by atoms with Crippen LogP contribution in [-0.2, 0) is 11.2 Å². The van der Waals surface area contributed by atoms with Crippen LogP contribution in [0.1, 0.15) is 25.7 Å². The van der Waals surface area contributed by atoms with E-state index in [1.165, 1.54) is 17.4 Å². The van der Waals surface area contributed by atoms with Crippen LogP contribution < -0.4 is 5.32 Å². The van der Waals surface area contributed by atoms with E-state index in [1.54, 1.807) is 18.2 Å². The summed E-state index contributed by atoms with van der Waals surface area (Å²) in [6.07, 6.45) is 0.335. The molecule has 100 valence electrons. The van der Waals surface area contributed by atoms with Crippen LogP contribution in [0.25, 0.3) is 0 Å². The molecule has 4 nitrogen and oxygen atoms in total. The molecule has 2 rings (SSSR count). The van der Waals surface area contributed by atoms with Gasteiger partial charge in [0.2, 0.25) is 5.91 Å². The molecule has 0 saturated carbocycles. The second-order valence-corrected chi connectivity index (χ2v) is 5.93. The van der Waals surface area contributed by atoms with Crippen LogP contribution in [0.5, 0.6) is 0 Å². The van der Waals surface area contributed by atoms with Gasteiger partial charge in [0.1, 0.15) is 0 Å². The molecule has 20 heavy (non-hydrogen) atoms. The molecule has 0 spiro atoms. The summed E-state index contributed by atoms with van der Waals surface area (Å²) in [5.74, 6) is -1.07. The van der Waals surface area contributed by atoms with Gasteiger partial charge in [-0.1, -0.05) is 18.2 Å². The minimum Gasteiger partial charge on any atom is -0.478 e. The number of aromatic carboxylic acids is 1. The first-order chi connectivity index (χ1) is 9.56. The molecule has 1 aromatic heterocycles. The molecular formula is C14H12AlNO3S. The maximum absolute atomic E-state index is 11.9. The summed E-state index contributed by atoms with van der Waals surface area (Å²) in [5.41, 5.74) is 0.955. The fourth-order valence-corrected chi connectivity index (χ4v) is 2.84. The fourth-order valence-electron chi connectivity index (χ4n) is 1.74. The van der Waals surface area contributed by atoms with Crippen LogP contribution >= 0.6 is 11.3 Å². The zero-order chi connectivity index (χ0) is 14.5. The smallest absolute Gasteiger partial charge is 0.335 e. The van der Waals surface area contributed by atoms with Gasteiger partial charge in [0.05, 0.1) is 12.0 Å². The molecule has 0 saturated heterocycles. The zero-order valence-electron chi connectivity index (χ0n) is 10.6. The molecule has 2 N–H and O–H groups in total. The van der Waals surface area contributed by atoms with Crippen LogP contribution in [0.3, 0.4) is 0 Å². The lowest BCUT2D eigenvalue weighted by Gasteiger charge is -2.16. The van der Waals surface area contributed by atoms with Crippen molar-refractivity contribution >= 4 is 39.5 Å². The molecule has 1 atom stereocenters. The summed E-state index contributed by atoms with van der Waals surface area (Å²) in [5, 5.41) is 13.7. The second-order valence-electron chi connectivity index (χ2n) is 4.23. The summed E-state index contributed by atoms with van der Waals surface area (Å²) >= 11 is 4.05. The number of rotatable bonds is 5. The largest absolute Gasteiger partial charge is 0.478 e. The van der Waals surface area contributed by atoms with Crippen LogP contribution in [0.4, 0.5) is 0 Å². The van der Waals surface area contributed by atoms with Gasteiger partial charge in [-0.05, 0) is 34.0 Å². The van der Waals surface area contributed by atoms with Crippen LogP contribution in [0.15, 0.2) is 41.8 Å². The van der Waals surface area contributed by atoms with Crippen molar-refractivity contribution in [3.63, 3.8) is 0 Å². The summed E-state index contributed by atoms with van der Waals surface area (Å²) in [6, 6.07) is 10.4. The third-order valence-electron chi connectivity index (χ3n) is 2.72. The van der Waals surface area contributed by atoms with E-state index in [4.69, 9.17) is 5.11 Å². The Morgan fingerprint density at radius 1 is 1.30 bits per heavy atom.